The molecule has 1 aromatic rings. The molecule has 0 radical (unpaired) electrons. The molecule has 1 atom stereocenters. The van der Waals surface area contributed by atoms with E-state index in [4.69, 9.17) is 5.11 Å². The van der Waals surface area contributed by atoms with Crippen molar-refractivity contribution in [3.05, 3.63) is 35.4 Å². The maximum atomic E-state index is 12.3. The monoisotopic (exact) mass is 306 g/mol. The first kappa shape index (κ1) is 17.7. The molecule has 0 saturated carbocycles. The fraction of sp³-hybridized carbons (Fsp3) is 0.438. The maximum absolute atomic E-state index is 12.3. The second-order valence-corrected chi connectivity index (χ2v) is 5.26. The van der Waals surface area contributed by atoms with Gasteiger partial charge in [0.15, 0.2) is 0 Å². The molecule has 1 aromatic carbocycles. The maximum Gasteiger partial charge on any atom is 0.308 e. The van der Waals surface area contributed by atoms with E-state index in [1.165, 1.54) is 11.0 Å². The van der Waals surface area contributed by atoms with Crippen molar-refractivity contribution in [2.24, 2.45) is 5.92 Å². The van der Waals surface area contributed by atoms with E-state index >= 15 is 0 Å². The fourth-order valence-corrected chi connectivity index (χ4v) is 1.93. The number of benzene rings is 1. The van der Waals surface area contributed by atoms with Crippen LogP contribution in [-0.4, -0.2) is 47.9 Å². The first-order valence-corrected chi connectivity index (χ1v) is 7.23. The summed E-state index contributed by atoms with van der Waals surface area (Å²) in [7, 11) is 1.55. The number of rotatable bonds is 7. The van der Waals surface area contributed by atoms with E-state index in [1.54, 1.807) is 32.2 Å². The van der Waals surface area contributed by atoms with E-state index in [2.05, 4.69) is 5.32 Å². The molecule has 120 valence electrons. The molecule has 0 aliphatic heterocycles. The number of carbonyl (C=O) groups is 3. The molecule has 0 saturated heterocycles. The topological polar surface area (TPSA) is 86.7 Å². The zero-order valence-corrected chi connectivity index (χ0v) is 13.1. The van der Waals surface area contributed by atoms with E-state index < -0.39 is 11.9 Å². The van der Waals surface area contributed by atoms with Crippen molar-refractivity contribution < 1.29 is 19.5 Å². The minimum atomic E-state index is -0.952. The third kappa shape index (κ3) is 4.87. The quantitative estimate of drug-likeness (QED) is 0.801. The molecule has 6 nitrogen and oxygen atoms in total. The SMILES string of the molecule is CCCNC(=O)c1cccc(C(=O)N(C)CC(C)C(=O)O)c1. The van der Waals surface area contributed by atoms with Crippen molar-refractivity contribution in [2.75, 3.05) is 20.1 Å². The first-order chi connectivity index (χ1) is 10.4. The lowest BCUT2D eigenvalue weighted by atomic mass is 10.1. The van der Waals surface area contributed by atoms with Crippen molar-refractivity contribution >= 4 is 17.8 Å². The van der Waals surface area contributed by atoms with Gasteiger partial charge >= 0.3 is 5.97 Å². The number of nitrogens with zero attached hydrogens (tertiary/aromatic N) is 1. The Bertz CT molecular complexity index is 557. The van der Waals surface area contributed by atoms with Crippen molar-refractivity contribution in [1.29, 1.82) is 0 Å². The summed E-state index contributed by atoms with van der Waals surface area (Å²) in [6.07, 6.45) is 0.834. The highest BCUT2D eigenvalue weighted by molar-refractivity contribution is 5.99. The lowest BCUT2D eigenvalue weighted by molar-refractivity contribution is -0.141. The van der Waals surface area contributed by atoms with E-state index in [0.29, 0.717) is 17.7 Å². The Labute approximate surface area is 130 Å². The summed E-state index contributed by atoms with van der Waals surface area (Å²) in [6.45, 7) is 4.19. The Morgan fingerprint density at radius 3 is 2.50 bits per heavy atom. The number of hydrogen-bond acceptors (Lipinski definition) is 3. The molecule has 0 bridgehead atoms. The van der Waals surface area contributed by atoms with E-state index in [1.807, 2.05) is 6.92 Å². The lowest BCUT2D eigenvalue weighted by Gasteiger charge is -2.19. The van der Waals surface area contributed by atoms with Crippen molar-refractivity contribution in [3.63, 3.8) is 0 Å². The second-order valence-electron chi connectivity index (χ2n) is 5.26. The zero-order valence-electron chi connectivity index (χ0n) is 13.1. The molecule has 0 heterocycles. The van der Waals surface area contributed by atoms with Gasteiger partial charge in [-0.1, -0.05) is 19.9 Å². The number of amides is 2. The van der Waals surface area contributed by atoms with Gasteiger partial charge in [0, 0.05) is 31.3 Å². The lowest BCUT2D eigenvalue weighted by Crippen LogP contribution is -2.34. The third-order valence-electron chi connectivity index (χ3n) is 3.22. The minimum Gasteiger partial charge on any atom is -0.481 e. The predicted octanol–water partition coefficient (Wildman–Crippen LogP) is 1.62. The van der Waals surface area contributed by atoms with Gasteiger partial charge in [0.25, 0.3) is 11.8 Å². The molecule has 0 aliphatic carbocycles. The van der Waals surface area contributed by atoms with Gasteiger partial charge in [0.2, 0.25) is 0 Å². The Kier molecular flexibility index (Phi) is 6.56. The van der Waals surface area contributed by atoms with Crippen LogP contribution in [0.1, 0.15) is 41.0 Å². The largest absolute Gasteiger partial charge is 0.481 e. The van der Waals surface area contributed by atoms with Gasteiger partial charge in [-0.05, 0) is 24.6 Å². The van der Waals surface area contributed by atoms with Crippen LogP contribution >= 0.6 is 0 Å². The highest BCUT2D eigenvalue weighted by Crippen LogP contribution is 2.10. The van der Waals surface area contributed by atoms with Crippen LogP contribution in [-0.2, 0) is 4.79 Å². The summed E-state index contributed by atoms with van der Waals surface area (Å²) < 4.78 is 0. The standard InChI is InChI=1S/C16H22N2O4/c1-4-8-17-14(19)12-6-5-7-13(9-12)15(20)18(3)10-11(2)16(21)22/h5-7,9,11H,4,8,10H2,1-3H3,(H,17,19)(H,21,22). The number of hydrogen-bond donors (Lipinski definition) is 2. The number of nitrogens with one attached hydrogen (secondary N) is 1. The third-order valence-corrected chi connectivity index (χ3v) is 3.22. The Morgan fingerprint density at radius 2 is 1.91 bits per heavy atom. The molecule has 0 aliphatic rings. The highest BCUT2D eigenvalue weighted by Gasteiger charge is 2.19. The van der Waals surface area contributed by atoms with Crippen LogP contribution in [0.15, 0.2) is 24.3 Å². The second kappa shape index (κ2) is 8.17. The van der Waals surface area contributed by atoms with E-state index in [0.717, 1.165) is 6.42 Å². The molecule has 2 N–H and O–H groups in total. The molecule has 0 aromatic heterocycles. The van der Waals surface area contributed by atoms with Crippen LogP contribution in [0.5, 0.6) is 0 Å². The zero-order chi connectivity index (χ0) is 16.7. The van der Waals surface area contributed by atoms with Gasteiger partial charge in [-0.3, -0.25) is 14.4 Å². The number of carboxylic acid groups (broad SMARTS) is 1. The van der Waals surface area contributed by atoms with Crippen molar-refractivity contribution in [3.8, 4) is 0 Å². The first-order valence-electron chi connectivity index (χ1n) is 7.23. The molecular weight excluding hydrogens is 284 g/mol. The summed E-state index contributed by atoms with van der Waals surface area (Å²) in [5.74, 6) is -2.13. The molecular formula is C16H22N2O4. The normalized spacial score (nSPS) is 11.6. The number of carbonyl (C=O) groups excluding carboxylic acids is 2. The smallest absolute Gasteiger partial charge is 0.308 e. The Balaban J connectivity index is 2.81. The average Bonchev–Trinajstić information content (AvgIpc) is 2.51. The summed E-state index contributed by atoms with van der Waals surface area (Å²) in [6, 6.07) is 6.42. The summed E-state index contributed by atoms with van der Waals surface area (Å²) in [5, 5.41) is 11.6. The van der Waals surface area contributed by atoms with Gasteiger partial charge in [-0.2, -0.15) is 0 Å². The van der Waals surface area contributed by atoms with Gasteiger partial charge in [0.1, 0.15) is 0 Å². The number of aliphatic carboxylic acids is 1. The minimum absolute atomic E-state index is 0.112. The predicted molar refractivity (Wildman–Crippen MR) is 82.8 cm³/mol. The summed E-state index contributed by atoms with van der Waals surface area (Å²) >= 11 is 0. The van der Waals surface area contributed by atoms with Crippen molar-refractivity contribution in [2.45, 2.75) is 20.3 Å². The summed E-state index contributed by atoms with van der Waals surface area (Å²) in [4.78, 5) is 36.4. The Hall–Kier alpha value is -2.37. The molecule has 6 heteroatoms. The van der Waals surface area contributed by atoms with Gasteiger partial charge < -0.3 is 15.3 Å². The van der Waals surface area contributed by atoms with Crippen LogP contribution in [0.4, 0.5) is 0 Å². The fourth-order valence-electron chi connectivity index (χ4n) is 1.93. The van der Waals surface area contributed by atoms with Crippen molar-refractivity contribution in [1.82, 2.24) is 10.2 Å². The molecule has 2 amide bonds. The number of carboxylic acids is 1. The van der Waals surface area contributed by atoms with Crippen LogP contribution < -0.4 is 5.32 Å². The average molecular weight is 306 g/mol. The summed E-state index contributed by atoms with van der Waals surface area (Å²) in [5.41, 5.74) is 0.781. The van der Waals surface area contributed by atoms with Gasteiger partial charge in [-0.15, -0.1) is 0 Å². The molecule has 22 heavy (non-hydrogen) atoms. The Morgan fingerprint density at radius 1 is 1.27 bits per heavy atom. The van der Waals surface area contributed by atoms with Crippen LogP contribution in [0.2, 0.25) is 0 Å². The molecule has 0 fully saturated rings. The van der Waals surface area contributed by atoms with E-state index in [9.17, 15) is 14.4 Å². The molecule has 1 rings (SSSR count). The van der Waals surface area contributed by atoms with E-state index in [-0.39, 0.29) is 18.4 Å². The van der Waals surface area contributed by atoms with Crippen LogP contribution in [0.25, 0.3) is 0 Å². The highest BCUT2D eigenvalue weighted by atomic mass is 16.4. The van der Waals surface area contributed by atoms with Gasteiger partial charge in [0.05, 0.1) is 5.92 Å². The molecule has 0 spiro atoms. The van der Waals surface area contributed by atoms with Crippen LogP contribution in [0.3, 0.4) is 0 Å². The molecule has 1 unspecified atom stereocenters. The van der Waals surface area contributed by atoms with Crippen LogP contribution in [0, 0.1) is 5.92 Å². The van der Waals surface area contributed by atoms with Gasteiger partial charge in [-0.25, -0.2) is 0 Å².